The Hall–Kier alpha value is -0.170. The molecule has 0 rings (SSSR count). The van der Waals surface area contributed by atoms with Crippen LogP contribution in [0.3, 0.4) is 0 Å². The minimum atomic E-state index is -3.38. The van der Waals surface area contributed by atoms with Crippen molar-refractivity contribution in [1.29, 1.82) is 0 Å². The van der Waals surface area contributed by atoms with Crippen LogP contribution in [0.15, 0.2) is 0 Å². The van der Waals surface area contributed by atoms with E-state index in [0.717, 1.165) is 0 Å². The Morgan fingerprint density at radius 3 is 2.21 bits per heavy atom. The smallest absolute Gasteiger partial charge is 0.276 e. The van der Waals surface area contributed by atoms with Crippen LogP contribution in [0.4, 0.5) is 0 Å². The van der Waals surface area contributed by atoms with E-state index in [4.69, 9.17) is 5.11 Å². The van der Waals surface area contributed by atoms with E-state index in [0.29, 0.717) is 13.0 Å². The molecule has 0 radical (unpaired) electrons. The van der Waals surface area contributed by atoms with Crippen molar-refractivity contribution in [3.8, 4) is 0 Å². The van der Waals surface area contributed by atoms with Gasteiger partial charge in [0.2, 0.25) is 0 Å². The van der Waals surface area contributed by atoms with Crippen molar-refractivity contribution in [3.63, 3.8) is 0 Å². The molecule has 0 bridgehead atoms. The molecule has 14 heavy (non-hydrogen) atoms. The average Bonchev–Trinajstić information content (AvgIpc) is 2.00. The van der Waals surface area contributed by atoms with Gasteiger partial charge in [0, 0.05) is 13.1 Å². The minimum Gasteiger partial charge on any atom is -0.393 e. The number of aliphatic hydroxyl groups excluding tert-OH is 1. The first-order valence-corrected chi connectivity index (χ1v) is 6.24. The van der Waals surface area contributed by atoms with E-state index in [1.807, 2.05) is 13.8 Å². The summed E-state index contributed by atoms with van der Waals surface area (Å²) in [5.41, 5.74) is 0. The zero-order valence-electron chi connectivity index (χ0n) is 8.95. The molecule has 0 aliphatic rings. The SMILES string of the molecule is CC(C)CNS(=O)(=O)NCCC(C)O. The van der Waals surface area contributed by atoms with Gasteiger partial charge in [-0.1, -0.05) is 13.8 Å². The molecule has 0 aromatic heterocycles. The van der Waals surface area contributed by atoms with Gasteiger partial charge >= 0.3 is 0 Å². The maximum Gasteiger partial charge on any atom is 0.276 e. The van der Waals surface area contributed by atoms with Gasteiger partial charge in [-0.3, -0.25) is 0 Å². The van der Waals surface area contributed by atoms with E-state index < -0.39 is 16.3 Å². The summed E-state index contributed by atoms with van der Waals surface area (Å²) in [5, 5.41) is 8.91. The molecule has 1 atom stereocenters. The third-order valence-corrected chi connectivity index (χ3v) is 2.67. The van der Waals surface area contributed by atoms with Crippen LogP contribution in [0, 0.1) is 5.92 Å². The Balaban J connectivity index is 3.73. The van der Waals surface area contributed by atoms with Crippen molar-refractivity contribution in [2.24, 2.45) is 5.92 Å². The van der Waals surface area contributed by atoms with Gasteiger partial charge in [-0.25, -0.2) is 9.44 Å². The van der Waals surface area contributed by atoms with Crippen LogP contribution >= 0.6 is 0 Å². The van der Waals surface area contributed by atoms with Gasteiger partial charge in [-0.15, -0.1) is 0 Å². The molecule has 0 amide bonds. The van der Waals surface area contributed by atoms with E-state index in [9.17, 15) is 8.42 Å². The lowest BCUT2D eigenvalue weighted by Crippen LogP contribution is -2.39. The molecule has 0 fully saturated rings. The van der Waals surface area contributed by atoms with Crippen molar-refractivity contribution < 1.29 is 13.5 Å². The first kappa shape index (κ1) is 13.8. The zero-order chi connectivity index (χ0) is 11.2. The highest BCUT2D eigenvalue weighted by molar-refractivity contribution is 7.87. The number of aliphatic hydroxyl groups is 1. The Labute approximate surface area is 86.1 Å². The molecule has 1 unspecified atom stereocenters. The zero-order valence-corrected chi connectivity index (χ0v) is 9.76. The van der Waals surface area contributed by atoms with Crippen LogP contribution in [0.5, 0.6) is 0 Å². The summed E-state index contributed by atoms with van der Waals surface area (Å²) >= 11 is 0. The predicted molar refractivity (Wildman–Crippen MR) is 56.1 cm³/mol. The molecular formula is C8H20N2O3S. The van der Waals surface area contributed by atoms with Crippen LogP contribution in [0.25, 0.3) is 0 Å². The third kappa shape index (κ3) is 8.43. The van der Waals surface area contributed by atoms with E-state index in [1.165, 1.54) is 0 Å². The maximum atomic E-state index is 11.2. The summed E-state index contributed by atoms with van der Waals surface area (Å²) in [6.45, 7) is 6.15. The van der Waals surface area contributed by atoms with Crippen LogP contribution in [-0.4, -0.2) is 32.7 Å². The number of hydrogen-bond donors (Lipinski definition) is 3. The fraction of sp³-hybridized carbons (Fsp3) is 1.00. The van der Waals surface area contributed by atoms with E-state index in [-0.39, 0.29) is 12.5 Å². The Bertz CT molecular complexity index is 237. The molecule has 0 saturated heterocycles. The lowest BCUT2D eigenvalue weighted by atomic mass is 10.2. The monoisotopic (exact) mass is 224 g/mol. The topological polar surface area (TPSA) is 78.4 Å². The fourth-order valence-electron chi connectivity index (χ4n) is 0.730. The average molecular weight is 224 g/mol. The molecule has 0 saturated carbocycles. The molecular weight excluding hydrogens is 204 g/mol. The Morgan fingerprint density at radius 2 is 1.79 bits per heavy atom. The second kappa shape index (κ2) is 6.34. The van der Waals surface area contributed by atoms with Crippen molar-refractivity contribution in [1.82, 2.24) is 9.44 Å². The highest BCUT2D eigenvalue weighted by Crippen LogP contribution is 1.90. The summed E-state index contributed by atoms with van der Waals surface area (Å²) in [6, 6.07) is 0. The third-order valence-electron chi connectivity index (χ3n) is 1.54. The fourth-order valence-corrected chi connectivity index (χ4v) is 1.77. The van der Waals surface area contributed by atoms with Crippen molar-refractivity contribution in [2.45, 2.75) is 33.3 Å². The highest BCUT2D eigenvalue weighted by atomic mass is 32.2. The molecule has 0 aromatic rings. The van der Waals surface area contributed by atoms with E-state index >= 15 is 0 Å². The van der Waals surface area contributed by atoms with Crippen molar-refractivity contribution >= 4 is 10.2 Å². The Morgan fingerprint density at radius 1 is 1.21 bits per heavy atom. The van der Waals surface area contributed by atoms with Gasteiger partial charge in [0.15, 0.2) is 0 Å². The van der Waals surface area contributed by atoms with Gasteiger partial charge in [-0.05, 0) is 19.3 Å². The summed E-state index contributed by atoms with van der Waals surface area (Å²) in [7, 11) is -3.38. The number of hydrogen-bond acceptors (Lipinski definition) is 3. The summed E-state index contributed by atoms with van der Waals surface area (Å²) < 4.78 is 27.2. The van der Waals surface area contributed by atoms with Gasteiger partial charge in [0.05, 0.1) is 6.10 Å². The first-order chi connectivity index (χ1) is 6.33. The second-order valence-electron chi connectivity index (χ2n) is 3.78. The van der Waals surface area contributed by atoms with Crippen molar-refractivity contribution in [3.05, 3.63) is 0 Å². The molecule has 0 aromatic carbocycles. The van der Waals surface area contributed by atoms with Gasteiger partial charge in [-0.2, -0.15) is 8.42 Å². The molecule has 86 valence electrons. The maximum absolute atomic E-state index is 11.2. The largest absolute Gasteiger partial charge is 0.393 e. The predicted octanol–water partition coefficient (Wildman–Crippen LogP) is -0.163. The molecule has 0 heterocycles. The molecule has 0 aliphatic heterocycles. The van der Waals surface area contributed by atoms with Crippen LogP contribution in [0.1, 0.15) is 27.2 Å². The van der Waals surface area contributed by atoms with E-state index in [1.54, 1.807) is 6.92 Å². The first-order valence-electron chi connectivity index (χ1n) is 4.76. The molecule has 6 heteroatoms. The number of nitrogens with one attached hydrogen (secondary N) is 2. The quantitative estimate of drug-likeness (QED) is 0.562. The van der Waals surface area contributed by atoms with Crippen LogP contribution in [0.2, 0.25) is 0 Å². The van der Waals surface area contributed by atoms with Gasteiger partial charge in [0.25, 0.3) is 10.2 Å². The van der Waals surface area contributed by atoms with Crippen LogP contribution < -0.4 is 9.44 Å². The highest BCUT2D eigenvalue weighted by Gasteiger charge is 2.09. The van der Waals surface area contributed by atoms with Crippen molar-refractivity contribution in [2.75, 3.05) is 13.1 Å². The number of rotatable bonds is 7. The lowest BCUT2D eigenvalue weighted by Gasteiger charge is -2.10. The summed E-state index contributed by atoms with van der Waals surface area (Å²) in [5.74, 6) is 0.281. The summed E-state index contributed by atoms with van der Waals surface area (Å²) in [4.78, 5) is 0. The molecule has 3 N–H and O–H groups in total. The molecule has 5 nitrogen and oxygen atoms in total. The van der Waals surface area contributed by atoms with Gasteiger partial charge < -0.3 is 5.11 Å². The van der Waals surface area contributed by atoms with Crippen LogP contribution in [-0.2, 0) is 10.2 Å². The molecule has 0 spiro atoms. The summed E-state index contributed by atoms with van der Waals surface area (Å²) in [6.07, 6.45) is -0.0643. The second-order valence-corrected chi connectivity index (χ2v) is 5.36. The Kier molecular flexibility index (Phi) is 6.26. The molecule has 0 aliphatic carbocycles. The standard InChI is InChI=1S/C8H20N2O3S/c1-7(2)6-10-14(12,13)9-5-4-8(3)11/h7-11H,4-6H2,1-3H3. The van der Waals surface area contributed by atoms with Gasteiger partial charge in [0.1, 0.15) is 0 Å². The lowest BCUT2D eigenvalue weighted by molar-refractivity contribution is 0.186. The normalized spacial score (nSPS) is 14.6. The van der Waals surface area contributed by atoms with E-state index in [2.05, 4.69) is 9.44 Å². The minimum absolute atomic E-state index is 0.255.